The molecule has 1 heterocycles. The maximum atomic E-state index is 12.6. The molecule has 2 aliphatic rings. The molecule has 1 aliphatic heterocycles. The number of piperazine rings is 1. The number of hydrogen-bond acceptors (Lipinski definition) is 2. The summed E-state index contributed by atoms with van der Waals surface area (Å²) >= 11 is 0. The third-order valence-corrected chi connectivity index (χ3v) is 7.21. The number of aryl methyl sites for hydroxylation is 1. The van der Waals surface area contributed by atoms with Crippen molar-refractivity contribution in [3.63, 3.8) is 0 Å². The van der Waals surface area contributed by atoms with Crippen LogP contribution in [0.3, 0.4) is 0 Å². The fourth-order valence-corrected chi connectivity index (χ4v) is 4.95. The molecule has 0 bridgehead atoms. The standard InChI is InChI=1S/C24H38N4O2/c1-4-20-9-5-6-10-22(20)26-24(30)17-28-14-12-27(13-15-28)16-23(29)25-21-11-7-8-18(2)19(21)3/h5-6,9-10,18-19,21H,4,7-8,11-17H2,1-3H3,(H,25,29)(H,26,30)/p+2/t18-,19-,21-/m0/s1. The van der Waals surface area contributed by atoms with Crippen LogP contribution >= 0.6 is 0 Å². The molecular formula is C24H40N4O2+2. The van der Waals surface area contributed by atoms with Crippen LogP contribution in [0.15, 0.2) is 24.3 Å². The highest BCUT2D eigenvalue weighted by atomic mass is 16.2. The van der Waals surface area contributed by atoms with Crippen LogP contribution < -0.4 is 20.4 Å². The van der Waals surface area contributed by atoms with Gasteiger partial charge in [0.2, 0.25) is 0 Å². The van der Waals surface area contributed by atoms with Crippen molar-refractivity contribution in [3.05, 3.63) is 29.8 Å². The largest absolute Gasteiger partial charge is 0.348 e. The van der Waals surface area contributed by atoms with E-state index in [0.29, 0.717) is 31.0 Å². The zero-order valence-electron chi connectivity index (χ0n) is 18.9. The van der Waals surface area contributed by atoms with Gasteiger partial charge in [0.1, 0.15) is 26.2 Å². The van der Waals surface area contributed by atoms with Crippen LogP contribution in [-0.4, -0.2) is 57.1 Å². The Kier molecular flexibility index (Phi) is 8.28. The van der Waals surface area contributed by atoms with Gasteiger partial charge in [-0.15, -0.1) is 0 Å². The maximum absolute atomic E-state index is 12.6. The minimum absolute atomic E-state index is 0.0764. The van der Waals surface area contributed by atoms with E-state index < -0.39 is 0 Å². The van der Waals surface area contributed by atoms with Crippen molar-refractivity contribution >= 4 is 17.5 Å². The molecule has 2 amide bonds. The molecular weight excluding hydrogens is 376 g/mol. The van der Waals surface area contributed by atoms with Gasteiger partial charge in [-0.2, -0.15) is 0 Å². The van der Waals surface area contributed by atoms with Gasteiger partial charge in [0.15, 0.2) is 13.1 Å². The van der Waals surface area contributed by atoms with Crippen molar-refractivity contribution in [2.75, 3.05) is 44.6 Å². The number of hydrogen-bond donors (Lipinski definition) is 4. The minimum atomic E-state index is 0.0764. The molecule has 1 aromatic carbocycles. The number of amides is 2. The van der Waals surface area contributed by atoms with Gasteiger partial charge in [-0.1, -0.05) is 51.8 Å². The van der Waals surface area contributed by atoms with Gasteiger partial charge in [-0.3, -0.25) is 9.59 Å². The summed E-state index contributed by atoms with van der Waals surface area (Å²) in [6.07, 6.45) is 4.52. The SMILES string of the molecule is CCc1ccccc1NC(=O)C[NH+]1CC[NH+](CC(=O)N[C@H]2CCC[C@H](C)[C@@H]2C)CC1. The number of carbonyl (C=O) groups is 2. The molecule has 166 valence electrons. The van der Waals surface area contributed by atoms with Gasteiger partial charge in [-0.25, -0.2) is 0 Å². The lowest BCUT2D eigenvalue weighted by Gasteiger charge is -2.35. The van der Waals surface area contributed by atoms with Crippen molar-refractivity contribution in [1.82, 2.24) is 5.32 Å². The van der Waals surface area contributed by atoms with Gasteiger partial charge < -0.3 is 20.4 Å². The molecule has 1 aromatic rings. The van der Waals surface area contributed by atoms with Crippen LogP contribution in [0.1, 0.15) is 45.6 Å². The molecule has 6 nitrogen and oxygen atoms in total. The van der Waals surface area contributed by atoms with E-state index in [2.05, 4.69) is 37.5 Å². The molecule has 1 saturated heterocycles. The Labute approximate surface area is 181 Å². The van der Waals surface area contributed by atoms with E-state index in [1.165, 1.54) is 28.2 Å². The number of rotatable bonds is 7. The first-order valence-corrected chi connectivity index (χ1v) is 11.8. The average molecular weight is 417 g/mol. The summed E-state index contributed by atoms with van der Waals surface area (Å²) in [5.41, 5.74) is 2.10. The first-order chi connectivity index (χ1) is 14.5. The topological polar surface area (TPSA) is 67.1 Å². The molecule has 4 N–H and O–H groups in total. The Bertz CT molecular complexity index is 715. The molecule has 1 aliphatic carbocycles. The zero-order valence-corrected chi connectivity index (χ0v) is 18.9. The molecule has 2 fully saturated rings. The Morgan fingerprint density at radius 2 is 1.60 bits per heavy atom. The minimum Gasteiger partial charge on any atom is -0.348 e. The Morgan fingerprint density at radius 1 is 0.967 bits per heavy atom. The summed E-state index contributed by atoms with van der Waals surface area (Å²) in [5, 5.41) is 6.37. The Hall–Kier alpha value is -1.92. The highest BCUT2D eigenvalue weighted by Gasteiger charge is 2.30. The summed E-state index contributed by atoms with van der Waals surface area (Å²) in [4.78, 5) is 27.7. The first kappa shape index (κ1) is 22.8. The van der Waals surface area contributed by atoms with Gasteiger partial charge >= 0.3 is 0 Å². The third-order valence-electron chi connectivity index (χ3n) is 7.21. The molecule has 3 rings (SSSR count). The van der Waals surface area contributed by atoms with E-state index >= 15 is 0 Å². The van der Waals surface area contributed by atoms with Crippen LogP contribution in [0, 0.1) is 11.8 Å². The third kappa shape index (κ3) is 6.29. The lowest BCUT2D eigenvalue weighted by Crippen LogP contribution is -3.28. The van der Waals surface area contributed by atoms with E-state index in [9.17, 15) is 9.59 Å². The second kappa shape index (κ2) is 10.9. The van der Waals surface area contributed by atoms with Crippen LogP contribution in [0.2, 0.25) is 0 Å². The fourth-order valence-electron chi connectivity index (χ4n) is 4.95. The molecule has 30 heavy (non-hydrogen) atoms. The van der Waals surface area contributed by atoms with Gasteiger partial charge in [-0.05, 0) is 36.3 Å². The summed E-state index contributed by atoms with van der Waals surface area (Å²) < 4.78 is 0. The number of para-hydroxylation sites is 1. The second-order valence-corrected chi connectivity index (χ2v) is 9.35. The maximum Gasteiger partial charge on any atom is 0.279 e. The van der Waals surface area contributed by atoms with E-state index in [-0.39, 0.29) is 11.8 Å². The van der Waals surface area contributed by atoms with Gasteiger partial charge in [0, 0.05) is 11.7 Å². The van der Waals surface area contributed by atoms with E-state index in [0.717, 1.165) is 44.7 Å². The second-order valence-electron chi connectivity index (χ2n) is 9.35. The van der Waals surface area contributed by atoms with Crippen molar-refractivity contribution < 1.29 is 19.4 Å². The van der Waals surface area contributed by atoms with Crippen molar-refractivity contribution in [2.45, 2.75) is 52.5 Å². The molecule has 6 heteroatoms. The molecule has 0 aromatic heterocycles. The van der Waals surface area contributed by atoms with Crippen LogP contribution in [-0.2, 0) is 16.0 Å². The first-order valence-electron chi connectivity index (χ1n) is 11.8. The van der Waals surface area contributed by atoms with Crippen molar-refractivity contribution in [1.29, 1.82) is 0 Å². The molecule has 0 radical (unpaired) electrons. The number of benzene rings is 1. The average Bonchev–Trinajstić information content (AvgIpc) is 2.73. The van der Waals surface area contributed by atoms with Gasteiger partial charge in [0.25, 0.3) is 11.8 Å². The lowest BCUT2D eigenvalue weighted by molar-refractivity contribution is -1.00. The molecule has 3 atom stereocenters. The number of nitrogens with one attached hydrogen (secondary N) is 4. The quantitative estimate of drug-likeness (QED) is 0.502. The monoisotopic (exact) mass is 416 g/mol. The normalized spacial score (nSPS) is 29.2. The summed E-state index contributed by atoms with van der Waals surface area (Å²) in [6, 6.07) is 8.34. The Morgan fingerprint density at radius 3 is 2.27 bits per heavy atom. The fraction of sp³-hybridized carbons (Fsp3) is 0.667. The number of carbonyl (C=O) groups excluding carboxylic acids is 2. The highest BCUT2D eigenvalue weighted by molar-refractivity contribution is 5.92. The van der Waals surface area contributed by atoms with Crippen LogP contribution in [0.25, 0.3) is 0 Å². The molecule has 0 unspecified atom stereocenters. The van der Waals surface area contributed by atoms with Crippen molar-refractivity contribution in [3.8, 4) is 0 Å². The molecule has 1 saturated carbocycles. The number of quaternary nitrogens is 2. The summed E-state index contributed by atoms with van der Waals surface area (Å²) in [5.74, 6) is 1.52. The highest BCUT2D eigenvalue weighted by Crippen LogP contribution is 2.29. The van der Waals surface area contributed by atoms with Crippen LogP contribution in [0.4, 0.5) is 5.69 Å². The molecule has 0 spiro atoms. The smallest absolute Gasteiger partial charge is 0.279 e. The lowest BCUT2D eigenvalue weighted by atomic mass is 9.78. The van der Waals surface area contributed by atoms with E-state index in [1.54, 1.807) is 0 Å². The van der Waals surface area contributed by atoms with E-state index in [1.807, 2.05) is 18.2 Å². The van der Waals surface area contributed by atoms with E-state index in [4.69, 9.17) is 0 Å². The Balaban J connectivity index is 1.38. The summed E-state index contributed by atoms with van der Waals surface area (Å²) in [6.45, 7) is 11.5. The predicted molar refractivity (Wildman–Crippen MR) is 120 cm³/mol. The zero-order chi connectivity index (χ0) is 21.5. The summed E-state index contributed by atoms with van der Waals surface area (Å²) in [7, 11) is 0. The van der Waals surface area contributed by atoms with Crippen molar-refractivity contribution in [2.24, 2.45) is 11.8 Å². The predicted octanol–water partition coefficient (Wildman–Crippen LogP) is -0.0882. The van der Waals surface area contributed by atoms with Crippen LogP contribution in [0.5, 0.6) is 0 Å². The van der Waals surface area contributed by atoms with Gasteiger partial charge in [0.05, 0.1) is 0 Å². The number of anilines is 1.